The Hall–Kier alpha value is -3.15. The van der Waals surface area contributed by atoms with Crippen molar-refractivity contribution in [2.45, 2.75) is 13.5 Å². The minimum atomic E-state index is -0.390. The maximum absolute atomic E-state index is 12.4. The maximum Gasteiger partial charge on any atom is 0.340 e. The summed E-state index contributed by atoms with van der Waals surface area (Å²) < 4.78 is 8.60. The fourth-order valence-electron chi connectivity index (χ4n) is 2.85. The van der Waals surface area contributed by atoms with Crippen LogP contribution in [0.5, 0.6) is 0 Å². The second-order valence-electron chi connectivity index (χ2n) is 5.71. The van der Waals surface area contributed by atoms with Gasteiger partial charge in [-0.05, 0) is 43.5 Å². The largest absolute Gasteiger partial charge is 0.462 e. The Morgan fingerprint density at radius 3 is 2.76 bits per heavy atom. The van der Waals surface area contributed by atoms with Gasteiger partial charge in [0, 0.05) is 36.6 Å². The lowest BCUT2D eigenvalue weighted by Gasteiger charge is -2.09. The molecule has 25 heavy (non-hydrogen) atoms. The molecule has 0 saturated carbocycles. The van der Waals surface area contributed by atoms with Crippen molar-refractivity contribution >= 4 is 18.2 Å². The molecule has 6 heteroatoms. The number of hydrogen-bond acceptors (Lipinski definition) is 4. The van der Waals surface area contributed by atoms with Crippen LogP contribution in [0.4, 0.5) is 0 Å². The molecule has 0 amide bonds. The minimum absolute atomic E-state index is 0.110. The summed E-state index contributed by atoms with van der Waals surface area (Å²) in [4.78, 5) is 28.0. The SMILES string of the molecule is C=NCc1ccn2c(-c3ccc(=O)n(C)c3)c(C(=O)OCC)cc2c1. The molecule has 0 atom stereocenters. The summed E-state index contributed by atoms with van der Waals surface area (Å²) in [6, 6.07) is 8.89. The fourth-order valence-corrected chi connectivity index (χ4v) is 2.85. The number of ether oxygens (including phenoxy) is 1. The molecule has 3 aromatic heterocycles. The zero-order chi connectivity index (χ0) is 18.0. The molecule has 0 N–H and O–H groups in total. The van der Waals surface area contributed by atoms with Crippen molar-refractivity contribution in [3.63, 3.8) is 0 Å². The topological polar surface area (TPSA) is 65.1 Å². The summed E-state index contributed by atoms with van der Waals surface area (Å²) in [6.45, 7) is 6.09. The molecule has 0 unspecified atom stereocenters. The molecule has 0 fully saturated rings. The third kappa shape index (κ3) is 3.10. The summed E-state index contributed by atoms with van der Waals surface area (Å²) in [5, 5.41) is 0. The van der Waals surface area contributed by atoms with Gasteiger partial charge in [0.2, 0.25) is 5.56 Å². The molecule has 3 heterocycles. The van der Waals surface area contributed by atoms with Crippen molar-refractivity contribution in [2.24, 2.45) is 12.0 Å². The van der Waals surface area contributed by atoms with Crippen LogP contribution in [0.25, 0.3) is 16.8 Å². The molecule has 0 aromatic carbocycles. The maximum atomic E-state index is 12.4. The average Bonchev–Trinajstić information content (AvgIpc) is 2.97. The lowest BCUT2D eigenvalue weighted by atomic mass is 10.1. The molecule has 0 saturated heterocycles. The van der Waals surface area contributed by atoms with E-state index in [1.807, 2.05) is 22.7 Å². The van der Waals surface area contributed by atoms with Crippen molar-refractivity contribution < 1.29 is 9.53 Å². The molecule has 0 aliphatic rings. The smallest absolute Gasteiger partial charge is 0.340 e. The van der Waals surface area contributed by atoms with Gasteiger partial charge < -0.3 is 13.7 Å². The van der Waals surface area contributed by atoms with Crippen LogP contribution in [-0.2, 0) is 18.3 Å². The third-order valence-electron chi connectivity index (χ3n) is 3.99. The van der Waals surface area contributed by atoms with E-state index in [1.54, 1.807) is 32.3 Å². The molecule has 0 bridgehead atoms. The van der Waals surface area contributed by atoms with Gasteiger partial charge in [0.25, 0.3) is 0 Å². The van der Waals surface area contributed by atoms with Crippen LogP contribution in [0.3, 0.4) is 0 Å². The number of aliphatic imine (C=N–C) groups is 1. The Labute approximate surface area is 145 Å². The Balaban J connectivity index is 2.27. The molecule has 0 spiro atoms. The van der Waals surface area contributed by atoms with E-state index in [2.05, 4.69) is 11.7 Å². The van der Waals surface area contributed by atoms with Crippen LogP contribution in [0.1, 0.15) is 22.8 Å². The van der Waals surface area contributed by atoms with Crippen molar-refractivity contribution in [3.8, 4) is 11.3 Å². The second-order valence-corrected chi connectivity index (χ2v) is 5.71. The first-order valence-corrected chi connectivity index (χ1v) is 7.95. The van der Waals surface area contributed by atoms with Crippen LogP contribution in [-0.4, -0.2) is 28.3 Å². The van der Waals surface area contributed by atoms with Gasteiger partial charge >= 0.3 is 5.97 Å². The molecule has 0 aliphatic heterocycles. The molecule has 128 valence electrons. The van der Waals surface area contributed by atoms with Gasteiger partial charge in [-0.2, -0.15) is 0 Å². The first-order chi connectivity index (χ1) is 12.0. The zero-order valence-corrected chi connectivity index (χ0v) is 14.2. The lowest BCUT2D eigenvalue weighted by molar-refractivity contribution is 0.0527. The van der Waals surface area contributed by atoms with Crippen LogP contribution in [0.2, 0.25) is 0 Å². The molecular formula is C19H19N3O3. The van der Waals surface area contributed by atoms with Gasteiger partial charge in [-0.25, -0.2) is 4.79 Å². The number of aromatic nitrogens is 2. The number of esters is 1. The normalized spacial score (nSPS) is 10.8. The first-order valence-electron chi connectivity index (χ1n) is 7.95. The van der Waals surface area contributed by atoms with Gasteiger partial charge in [0.05, 0.1) is 24.4 Å². The van der Waals surface area contributed by atoms with Crippen molar-refractivity contribution in [1.82, 2.24) is 8.97 Å². The van der Waals surface area contributed by atoms with Crippen molar-refractivity contribution in [1.29, 1.82) is 0 Å². The number of nitrogens with zero attached hydrogens (tertiary/aromatic N) is 3. The zero-order valence-electron chi connectivity index (χ0n) is 14.2. The van der Waals surface area contributed by atoms with Gasteiger partial charge in [-0.15, -0.1) is 0 Å². The number of hydrogen-bond donors (Lipinski definition) is 0. The highest BCUT2D eigenvalue weighted by Crippen LogP contribution is 2.28. The predicted molar refractivity (Wildman–Crippen MR) is 97.3 cm³/mol. The number of rotatable bonds is 5. The summed E-state index contributed by atoms with van der Waals surface area (Å²) in [6.07, 6.45) is 3.60. The second kappa shape index (κ2) is 6.76. The van der Waals surface area contributed by atoms with E-state index in [0.717, 1.165) is 16.6 Å². The Morgan fingerprint density at radius 1 is 1.28 bits per heavy atom. The van der Waals surface area contributed by atoms with Crippen molar-refractivity contribution in [2.75, 3.05) is 6.61 Å². The van der Waals surface area contributed by atoms with Gasteiger partial charge in [0.1, 0.15) is 0 Å². The highest BCUT2D eigenvalue weighted by Gasteiger charge is 2.20. The Morgan fingerprint density at radius 2 is 2.08 bits per heavy atom. The van der Waals surface area contributed by atoms with E-state index in [4.69, 9.17) is 4.74 Å². The molecule has 3 rings (SSSR count). The first kappa shape index (κ1) is 16.7. The molecule has 6 nitrogen and oxygen atoms in total. The Kier molecular flexibility index (Phi) is 4.52. The number of fused-ring (bicyclic) bond motifs is 1. The standard InChI is InChI=1S/C19H19N3O3/c1-4-25-19(24)16-10-15-9-13(11-20-2)7-8-22(15)18(16)14-5-6-17(23)21(3)12-14/h5-10,12H,2,4,11H2,1,3H3. The van der Waals surface area contributed by atoms with Crippen LogP contribution < -0.4 is 5.56 Å². The predicted octanol–water partition coefficient (Wildman–Crippen LogP) is 2.68. The molecule has 0 aliphatic carbocycles. The lowest BCUT2D eigenvalue weighted by Crippen LogP contribution is -2.14. The molecule has 3 aromatic rings. The highest BCUT2D eigenvalue weighted by atomic mass is 16.5. The minimum Gasteiger partial charge on any atom is -0.462 e. The average molecular weight is 337 g/mol. The van der Waals surface area contributed by atoms with Gasteiger partial charge in [0.15, 0.2) is 0 Å². The van der Waals surface area contributed by atoms with Crippen LogP contribution in [0.15, 0.2) is 52.5 Å². The van der Waals surface area contributed by atoms with E-state index in [0.29, 0.717) is 24.4 Å². The van der Waals surface area contributed by atoms with E-state index >= 15 is 0 Å². The summed E-state index contributed by atoms with van der Waals surface area (Å²) >= 11 is 0. The number of aryl methyl sites for hydroxylation is 1. The van der Waals surface area contributed by atoms with Gasteiger partial charge in [-0.3, -0.25) is 9.79 Å². The van der Waals surface area contributed by atoms with E-state index < -0.39 is 5.97 Å². The van der Waals surface area contributed by atoms with Gasteiger partial charge in [-0.1, -0.05) is 0 Å². The van der Waals surface area contributed by atoms with Crippen molar-refractivity contribution in [3.05, 3.63) is 64.2 Å². The van der Waals surface area contributed by atoms with Crippen LogP contribution >= 0.6 is 0 Å². The van der Waals surface area contributed by atoms with E-state index in [1.165, 1.54) is 10.6 Å². The van der Waals surface area contributed by atoms with E-state index in [9.17, 15) is 9.59 Å². The monoisotopic (exact) mass is 337 g/mol. The fraction of sp³-hybridized carbons (Fsp3) is 0.211. The number of carbonyl (C=O) groups excluding carboxylic acids is 1. The third-order valence-corrected chi connectivity index (χ3v) is 3.99. The van der Waals surface area contributed by atoms with E-state index in [-0.39, 0.29) is 5.56 Å². The van der Waals surface area contributed by atoms with Crippen LogP contribution in [0, 0.1) is 0 Å². The summed E-state index contributed by atoms with van der Waals surface area (Å²) in [5.74, 6) is -0.390. The summed E-state index contributed by atoms with van der Waals surface area (Å²) in [7, 11) is 1.68. The Bertz CT molecular complexity index is 1010. The molecule has 0 radical (unpaired) electrons. The molecular weight excluding hydrogens is 318 g/mol. The quantitative estimate of drug-likeness (QED) is 0.531. The highest BCUT2D eigenvalue weighted by molar-refractivity contribution is 5.99. The summed E-state index contributed by atoms with van der Waals surface area (Å²) in [5.41, 5.74) is 3.67. The number of carbonyl (C=O) groups is 1. The number of pyridine rings is 2.